The molecule has 2 aliphatic rings. The third kappa shape index (κ3) is 1.98. The number of aliphatic hydroxyl groups excluding tert-OH is 1. The summed E-state index contributed by atoms with van der Waals surface area (Å²) in [6, 6.07) is -0.145. The average molecular weight is 217 g/mol. The third-order valence-corrected chi connectivity index (χ3v) is 3.05. The van der Waals surface area contributed by atoms with Crippen LogP contribution in [0, 0.1) is 0 Å². The van der Waals surface area contributed by atoms with Gasteiger partial charge in [-0.25, -0.2) is 4.79 Å². The van der Waals surface area contributed by atoms with Gasteiger partial charge in [-0.2, -0.15) is 0 Å². The molecule has 0 saturated carbocycles. The topological polar surface area (TPSA) is 99.0 Å². The van der Waals surface area contributed by atoms with Gasteiger partial charge in [-0.05, 0) is 12.8 Å². The Bertz CT molecular complexity index is 257. The van der Waals surface area contributed by atoms with E-state index in [1.54, 1.807) is 0 Å². The number of ether oxygens (including phenoxy) is 1. The molecule has 2 rings (SSSR count). The largest absolute Gasteiger partial charge is 0.479 e. The molecule has 6 nitrogen and oxygen atoms in total. The number of aliphatic hydroxyl groups is 2. The number of hydrogen-bond acceptors (Lipinski definition) is 5. The number of rotatable bonds is 2. The molecule has 3 atom stereocenters. The zero-order valence-electron chi connectivity index (χ0n) is 8.22. The summed E-state index contributed by atoms with van der Waals surface area (Å²) in [5.74, 6) is -1.38. The van der Waals surface area contributed by atoms with Crippen LogP contribution in [-0.4, -0.2) is 58.3 Å². The number of morpholine rings is 1. The van der Waals surface area contributed by atoms with Crippen LogP contribution in [-0.2, 0) is 9.53 Å². The third-order valence-electron chi connectivity index (χ3n) is 3.05. The molecule has 2 heterocycles. The molecule has 3 unspecified atom stereocenters. The van der Waals surface area contributed by atoms with Crippen molar-refractivity contribution in [2.45, 2.75) is 36.6 Å². The van der Waals surface area contributed by atoms with Gasteiger partial charge < -0.3 is 25.4 Å². The summed E-state index contributed by atoms with van der Waals surface area (Å²) in [4.78, 5) is 10.7. The summed E-state index contributed by atoms with van der Waals surface area (Å²) < 4.78 is 5.27. The van der Waals surface area contributed by atoms with E-state index in [0.717, 1.165) is 0 Å². The first-order valence-electron chi connectivity index (χ1n) is 4.98. The molecule has 6 heteroatoms. The second kappa shape index (κ2) is 3.71. The van der Waals surface area contributed by atoms with Crippen molar-refractivity contribution in [1.82, 2.24) is 5.32 Å². The van der Waals surface area contributed by atoms with Gasteiger partial charge in [-0.3, -0.25) is 0 Å². The van der Waals surface area contributed by atoms with Crippen LogP contribution in [0.25, 0.3) is 0 Å². The quantitative estimate of drug-likeness (QED) is 0.440. The van der Waals surface area contributed by atoms with Gasteiger partial charge in [0.15, 0.2) is 6.10 Å². The highest BCUT2D eigenvalue weighted by Gasteiger charge is 2.48. The summed E-state index contributed by atoms with van der Waals surface area (Å²) in [5, 5.41) is 31.5. The zero-order valence-corrected chi connectivity index (χ0v) is 8.22. The Morgan fingerprint density at radius 1 is 1.40 bits per heavy atom. The van der Waals surface area contributed by atoms with E-state index < -0.39 is 17.7 Å². The summed E-state index contributed by atoms with van der Waals surface area (Å²) >= 11 is 0. The number of hydrogen-bond donors (Lipinski definition) is 4. The van der Waals surface area contributed by atoms with E-state index in [1.807, 2.05) is 0 Å². The summed E-state index contributed by atoms with van der Waals surface area (Å²) in [6.07, 6.45) is -1.31. The van der Waals surface area contributed by atoms with Crippen molar-refractivity contribution < 1.29 is 24.9 Å². The molecule has 2 aliphatic heterocycles. The van der Waals surface area contributed by atoms with Crippen LogP contribution in [0.4, 0.5) is 0 Å². The van der Waals surface area contributed by atoms with Crippen molar-refractivity contribution in [3.8, 4) is 0 Å². The lowest BCUT2D eigenvalue weighted by Crippen LogP contribution is -2.64. The molecule has 2 fully saturated rings. The number of fused-ring (bicyclic) bond motifs is 2. The van der Waals surface area contributed by atoms with Gasteiger partial charge in [0.2, 0.25) is 0 Å². The Labute approximate surface area is 86.9 Å². The molecule has 2 saturated heterocycles. The van der Waals surface area contributed by atoms with Crippen molar-refractivity contribution in [2.75, 3.05) is 13.2 Å². The van der Waals surface area contributed by atoms with Crippen LogP contribution < -0.4 is 5.32 Å². The minimum absolute atomic E-state index is 0.0727. The number of aliphatic carboxylic acids is 1. The van der Waals surface area contributed by atoms with Gasteiger partial charge in [0.05, 0.1) is 13.2 Å². The fourth-order valence-corrected chi connectivity index (χ4v) is 2.41. The molecule has 0 spiro atoms. The second-order valence-corrected chi connectivity index (χ2v) is 4.35. The Balaban J connectivity index is 2.12. The zero-order chi connectivity index (χ0) is 11.1. The highest BCUT2D eigenvalue weighted by atomic mass is 16.5. The molecule has 2 bridgehead atoms. The van der Waals surface area contributed by atoms with Crippen LogP contribution in [0.3, 0.4) is 0 Å². The Hall–Kier alpha value is -0.690. The second-order valence-electron chi connectivity index (χ2n) is 4.35. The van der Waals surface area contributed by atoms with E-state index in [2.05, 4.69) is 5.32 Å². The van der Waals surface area contributed by atoms with Crippen LogP contribution in [0.15, 0.2) is 0 Å². The molecular formula is C9H15NO5. The lowest BCUT2D eigenvalue weighted by molar-refractivity contribution is -0.175. The average Bonchev–Trinajstić information content (AvgIpc) is 2.15. The lowest BCUT2D eigenvalue weighted by Gasteiger charge is -2.45. The van der Waals surface area contributed by atoms with Gasteiger partial charge >= 0.3 is 5.97 Å². The Kier molecular flexibility index (Phi) is 2.68. The van der Waals surface area contributed by atoms with Crippen LogP contribution in [0.1, 0.15) is 12.8 Å². The predicted octanol–water partition coefficient (Wildman–Crippen LogP) is -1.69. The first kappa shape index (κ1) is 10.8. The van der Waals surface area contributed by atoms with Gasteiger partial charge in [-0.1, -0.05) is 0 Å². The fraction of sp³-hybridized carbons (Fsp3) is 0.889. The molecular weight excluding hydrogens is 202 g/mol. The maximum absolute atomic E-state index is 10.7. The SMILES string of the molecule is O=C(O)C(O)C1(O)CC2COCC(C1)N2. The number of carboxylic acids is 1. The molecule has 0 amide bonds. The van der Waals surface area contributed by atoms with E-state index in [1.165, 1.54) is 0 Å². The van der Waals surface area contributed by atoms with E-state index in [4.69, 9.17) is 9.84 Å². The van der Waals surface area contributed by atoms with Gasteiger partial charge in [0, 0.05) is 12.1 Å². The fourth-order valence-electron chi connectivity index (χ4n) is 2.41. The molecule has 0 aliphatic carbocycles. The van der Waals surface area contributed by atoms with E-state index in [-0.39, 0.29) is 24.9 Å². The minimum atomic E-state index is -1.72. The Morgan fingerprint density at radius 2 is 1.93 bits per heavy atom. The van der Waals surface area contributed by atoms with Crippen molar-refractivity contribution in [2.24, 2.45) is 0 Å². The van der Waals surface area contributed by atoms with E-state index in [9.17, 15) is 15.0 Å². The van der Waals surface area contributed by atoms with Crippen LogP contribution in [0.2, 0.25) is 0 Å². The number of piperidine rings is 1. The number of nitrogens with one attached hydrogen (secondary N) is 1. The molecule has 0 aromatic rings. The summed E-state index contributed by atoms with van der Waals surface area (Å²) in [6.45, 7) is 0.899. The smallest absolute Gasteiger partial charge is 0.335 e. The van der Waals surface area contributed by atoms with Gasteiger partial charge in [0.25, 0.3) is 0 Å². The van der Waals surface area contributed by atoms with Crippen molar-refractivity contribution in [3.63, 3.8) is 0 Å². The van der Waals surface area contributed by atoms with Crippen molar-refractivity contribution in [3.05, 3.63) is 0 Å². The molecule has 4 N–H and O–H groups in total. The molecule has 0 radical (unpaired) electrons. The molecule has 0 aromatic carbocycles. The van der Waals surface area contributed by atoms with Crippen molar-refractivity contribution in [1.29, 1.82) is 0 Å². The maximum atomic E-state index is 10.7. The van der Waals surface area contributed by atoms with Gasteiger partial charge in [-0.15, -0.1) is 0 Å². The predicted molar refractivity (Wildman–Crippen MR) is 49.4 cm³/mol. The monoisotopic (exact) mass is 217 g/mol. The van der Waals surface area contributed by atoms with E-state index in [0.29, 0.717) is 13.2 Å². The number of carbonyl (C=O) groups is 1. The standard InChI is InChI=1S/C9H15NO5/c11-7(8(12)13)9(14)1-5-3-15-4-6(2-9)10-5/h5-7,10-11,14H,1-4H2,(H,12,13). The molecule has 0 aromatic heterocycles. The summed E-state index contributed by atoms with van der Waals surface area (Å²) in [7, 11) is 0. The summed E-state index contributed by atoms with van der Waals surface area (Å²) in [5.41, 5.74) is -1.53. The maximum Gasteiger partial charge on any atom is 0.335 e. The van der Waals surface area contributed by atoms with Crippen molar-refractivity contribution >= 4 is 5.97 Å². The molecule has 86 valence electrons. The first-order valence-corrected chi connectivity index (χ1v) is 4.98. The molecule has 15 heavy (non-hydrogen) atoms. The van der Waals surface area contributed by atoms with Crippen LogP contribution in [0.5, 0.6) is 0 Å². The highest BCUT2D eigenvalue weighted by Crippen LogP contribution is 2.30. The first-order chi connectivity index (χ1) is 7.01. The Morgan fingerprint density at radius 3 is 2.40 bits per heavy atom. The van der Waals surface area contributed by atoms with E-state index >= 15 is 0 Å². The highest BCUT2D eigenvalue weighted by molar-refractivity contribution is 5.73. The lowest BCUT2D eigenvalue weighted by atomic mass is 9.79. The van der Waals surface area contributed by atoms with Gasteiger partial charge in [0.1, 0.15) is 5.60 Å². The normalized spacial score (nSPS) is 42.3. The van der Waals surface area contributed by atoms with Crippen LogP contribution >= 0.6 is 0 Å². The minimum Gasteiger partial charge on any atom is -0.479 e. The number of carboxylic acid groups (broad SMARTS) is 1.